The summed E-state index contributed by atoms with van der Waals surface area (Å²) in [7, 11) is 0. The first-order valence-electron chi connectivity index (χ1n) is 13.5. The Balaban J connectivity index is 1.46. The Labute approximate surface area is 227 Å². The van der Waals surface area contributed by atoms with Crippen LogP contribution in [0, 0.1) is 6.92 Å². The molecule has 0 N–H and O–H groups in total. The summed E-state index contributed by atoms with van der Waals surface area (Å²) in [6.07, 6.45) is 0. The number of fused-ring (bicyclic) bond motifs is 6. The van der Waals surface area contributed by atoms with Crippen molar-refractivity contribution in [2.75, 3.05) is 0 Å². The maximum absolute atomic E-state index is 2.43. The molecular weight excluding hydrogens is 472 g/mol. The summed E-state index contributed by atoms with van der Waals surface area (Å²) in [6.45, 7) is 2.17. The minimum absolute atomic E-state index is 1.18. The molecule has 0 amide bonds. The molecule has 8 aromatic rings. The number of hydrogen-bond acceptors (Lipinski definition) is 0. The number of benzene rings is 6. The highest BCUT2D eigenvalue weighted by atomic mass is 15.0. The van der Waals surface area contributed by atoms with E-state index >= 15 is 0 Å². The summed E-state index contributed by atoms with van der Waals surface area (Å²) in [6, 6.07) is 50.6. The molecule has 0 atom stereocenters. The minimum atomic E-state index is 1.18. The van der Waals surface area contributed by atoms with Gasteiger partial charge in [-0.15, -0.1) is 0 Å². The van der Waals surface area contributed by atoms with Crippen LogP contribution in [0.1, 0.15) is 5.56 Å². The van der Waals surface area contributed by atoms with Crippen molar-refractivity contribution in [2.24, 2.45) is 0 Å². The number of aryl methyl sites for hydroxylation is 1. The minimum Gasteiger partial charge on any atom is -0.309 e. The second-order valence-electron chi connectivity index (χ2n) is 10.3. The van der Waals surface area contributed by atoms with Gasteiger partial charge in [0, 0.05) is 32.7 Å². The van der Waals surface area contributed by atoms with E-state index in [0.717, 1.165) is 0 Å². The lowest BCUT2D eigenvalue weighted by Crippen LogP contribution is -2.01. The van der Waals surface area contributed by atoms with Gasteiger partial charge in [0.2, 0.25) is 0 Å². The van der Waals surface area contributed by atoms with E-state index in [2.05, 4.69) is 156 Å². The fraction of sp³-hybridized carbons (Fsp3) is 0.0270. The van der Waals surface area contributed by atoms with Crippen LogP contribution >= 0.6 is 0 Å². The summed E-state index contributed by atoms with van der Waals surface area (Å²) >= 11 is 0. The zero-order chi connectivity index (χ0) is 25.9. The van der Waals surface area contributed by atoms with Crippen molar-refractivity contribution in [2.45, 2.75) is 6.92 Å². The van der Waals surface area contributed by atoms with E-state index in [1.54, 1.807) is 0 Å². The van der Waals surface area contributed by atoms with Crippen LogP contribution in [0.15, 0.2) is 140 Å². The molecule has 2 heteroatoms. The Kier molecular flexibility index (Phi) is 4.77. The van der Waals surface area contributed by atoms with E-state index in [1.165, 1.54) is 71.7 Å². The Morgan fingerprint density at radius 1 is 0.359 bits per heavy atom. The predicted molar refractivity (Wildman–Crippen MR) is 165 cm³/mol. The van der Waals surface area contributed by atoms with Crippen LogP contribution in [-0.4, -0.2) is 9.13 Å². The SMILES string of the molecule is Cc1ccc2c(c1)c1ccccc1n2-c1ccccc1-c1ccccc1-n1c2ccccc2c2ccccc21. The van der Waals surface area contributed by atoms with Crippen LogP contribution in [0.3, 0.4) is 0 Å². The topological polar surface area (TPSA) is 9.86 Å². The zero-order valence-electron chi connectivity index (χ0n) is 21.7. The summed E-state index contributed by atoms with van der Waals surface area (Å²) in [4.78, 5) is 0. The largest absolute Gasteiger partial charge is 0.309 e. The van der Waals surface area contributed by atoms with Gasteiger partial charge >= 0.3 is 0 Å². The normalized spacial score (nSPS) is 11.7. The van der Waals surface area contributed by atoms with Gasteiger partial charge in [-0.3, -0.25) is 0 Å². The van der Waals surface area contributed by atoms with Gasteiger partial charge in [-0.05, 0) is 49.4 Å². The van der Waals surface area contributed by atoms with Gasteiger partial charge < -0.3 is 9.13 Å². The number of aromatic nitrogens is 2. The number of nitrogens with zero attached hydrogens (tertiary/aromatic N) is 2. The van der Waals surface area contributed by atoms with Gasteiger partial charge in [-0.1, -0.05) is 103 Å². The summed E-state index contributed by atoms with van der Waals surface area (Å²) in [5, 5.41) is 5.11. The lowest BCUT2D eigenvalue weighted by molar-refractivity contribution is 1.16. The highest BCUT2D eigenvalue weighted by Gasteiger charge is 2.19. The fourth-order valence-corrected chi connectivity index (χ4v) is 6.32. The van der Waals surface area contributed by atoms with Crippen LogP contribution in [-0.2, 0) is 0 Å². The third-order valence-corrected chi connectivity index (χ3v) is 7.99. The monoisotopic (exact) mass is 498 g/mol. The van der Waals surface area contributed by atoms with Crippen LogP contribution in [0.2, 0.25) is 0 Å². The number of para-hydroxylation sites is 5. The molecule has 0 aliphatic carbocycles. The third-order valence-electron chi connectivity index (χ3n) is 7.99. The Hall–Kier alpha value is -5.08. The van der Waals surface area contributed by atoms with Gasteiger partial charge in [0.1, 0.15) is 0 Å². The molecule has 2 nitrogen and oxygen atoms in total. The van der Waals surface area contributed by atoms with Crippen LogP contribution in [0.4, 0.5) is 0 Å². The van der Waals surface area contributed by atoms with Crippen LogP contribution in [0.25, 0.3) is 66.1 Å². The average molecular weight is 499 g/mol. The lowest BCUT2D eigenvalue weighted by atomic mass is 10.0. The molecule has 39 heavy (non-hydrogen) atoms. The fourth-order valence-electron chi connectivity index (χ4n) is 6.32. The molecule has 0 spiro atoms. The van der Waals surface area contributed by atoms with Crippen molar-refractivity contribution in [3.8, 4) is 22.5 Å². The molecule has 0 aliphatic rings. The molecule has 2 aromatic heterocycles. The first-order valence-corrected chi connectivity index (χ1v) is 13.5. The molecule has 0 fully saturated rings. The summed E-state index contributed by atoms with van der Waals surface area (Å²) in [5.74, 6) is 0. The van der Waals surface area contributed by atoms with Gasteiger partial charge in [-0.25, -0.2) is 0 Å². The molecule has 0 unspecified atom stereocenters. The molecule has 6 aromatic carbocycles. The van der Waals surface area contributed by atoms with E-state index in [-0.39, 0.29) is 0 Å². The Morgan fingerprint density at radius 2 is 0.744 bits per heavy atom. The van der Waals surface area contributed by atoms with Gasteiger partial charge in [0.25, 0.3) is 0 Å². The van der Waals surface area contributed by atoms with Gasteiger partial charge in [0.05, 0.1) is 33.4 Å². The summed E-state index contributed by atoms with van der Waals surface area (Å²) < 4.78 is 4.86. The predicted octanol–water partition coefficient (Wildman–Crippen LogP) is 9.86. The molecule has 0 saturated carbocycles. The maximum atomic E-state index is 2.43. The smallest absolute Gasteiger partial charge is 0.0541 e. The highest BCUT2D eigenvalue weighted by molar-refractivity contribution is 6.11. The van der Waals surface area contributed by atoms with Crippen molar-refractivity contribution < 1.29 is 0 Å². The van der Waals surface area contributed by atoms with Crippen LogP contribution < -0.4 is 0 Å². The number of rotatable bonds is 3. The van der Waals surface area contributed by atoms with Crippen molar-refractivity contribution in [3.05, 3.63) is 145 Å². The van der Waals surface area contributed by atoms with Crippen molar-refractivity contribution in [1.82, 2.24) is 9.13 Å². The lowest BCUT2D eigenvalue weighted by Gasteiger charge is -2.18. The average Bonchev–Trinajstić information content (AvgIpc) is 3.50. The van der Waals surface area contributed by atoms with E-state index in [4.69, 9.17) is 0 Å². The first-order chi connectivity index (χ1) is 19.3. The van der Waals surface area contributed by atoms with E-state index < -0.39 is 0 Å². The second kappa shape index (κ2) is 8.47. The molecule has 0 saturated heterocycles. The second-order valence-corrected chi connectivity index (χ2v) is 10.3. The Bertz CT molecular complexity index is 2140. The number of hydrogen-bond donors (Lipinski definition) is 0. The molecule has 0 radical (unpaired) electrons. The molecule has 8 rings (SSSR count). The van der Waals surface area contributed by atoms with E-state index in [9.17, 15) is 0 Å². The molecule has 0 aliphatic heterocycles. The molecule has 184 valence electrons. The molecule has 0 bridgehead atoms. The van der Waals surface area contributed by atoms with Crippen molar-refractivity contribution in [1.29, 1.82) is 0 Å². The molecule has 2 heterocycles. The van der Waals surface area contributed by atoms with Crippen molar-refractivity contribution in [3.63, 3.8) is 0 Å². The standard InChI is InChI=1S/C37H26N2/c1-25-22-23-37-31(24-25)30-16-6-11-21-36(30)39(37)35-20-10-5-15-29(35)28-14-4-9-19-34(28)38-32-17-7-2-12-26(32)27-13-3-8-18-33(27)38/h2-24H,1H3. The summed E-state index contributed by atoms with van der Waals surface area (Å²) in [5.41, 5.74) is 10.9. The third kappa shape index (κ3) is 3.22. The highest BCUT2D eigenvalue weighted by Crippen LogP contribution is 2.40. The van der Waals surface area contributed by atoms with Crippen LogP contribution in [0.5, 0.6) is 0 Å². The zero-order valence-corrected chi connectivity index (χ0v) is 21.7. The first kappa shape index (κ1) is 22.0. The van der Waals surface area contributed by atoms with Gasteiger partial charge in [-0.2, -0.15) is 0 Å². The quantitative estimate of drug-likeness (QED) is 0.229. The molecular formula is C37H26N2. The van der Waals surface area contributed by atoms with Crippen molar-refractivity contribution >= 4 is 43.6 Å². The van der Waals surface area contributed by atoms with E-state index in [0.29, 0.717) is 0 Å². The Morgan fingerprint density at radius 3 is 1.26 bits per heavy atom. The van der Waals surface area contributed by atoms with Gasteiger partial charge in [0.15, 0.2) is 0 Å². The van der Waals surface area contributed by atoms with E-state index in [1.807, 2.05) is 0 Å². The maximum Gasteiger partial charge on any atom is 0.0541 e.